The Bertz CT molecular complexity index is 1380. The van der Waals surface area contributed by atoms with Gasteiger partial charge < -0.3 is 19.6 Å². The van der Waals surface area contributed by atoms with E-state index in [0.29, 0.717) is 5.56 Å². The third kappa shape index (κ3) is 5.39. The first-order valence-electron chi connectivity index (χ1n) is 13.4. The molecule has 1 N–H and O–H groups in total. The van der Waals surface area contributed by atoms with E-state index in [2.05, 4.69) is 23.7 Å². The predicted molar refractivity (Wildman–Crippen MR) is 154 cm³/mol. The molecule has 1 atom stereocenters. The molecule has 1 aromatic heterocycles. The average Bonchev–Trinajstić information content (AvgIpc) is 3.18. The van der Waals surface area contributed by atoms with Gasteiger partial charge >= 0.3 is 0 Å². The molecule has 1 saturated heterocycles. The lowest BCUT2D eigenvalue weighted by molar-refractivity contribution is -0.140. The van der Waals surface area contributed by atoms with Gasteiger partial charge in [-0.1, -0.05) is 26.0 Å². The molecule has 0 spiro atoms. The number of nitrogens with zero attached hydrogens (tertiary/aromatic N) is 3. The number of aryl methyl sites for hydroxylation is 1. The Morgan fingerprint density at radius 2 is 1.69 bits per heavy atom. The van der Waals surface area contributed by atoms with Gasteiger partial charge in [-0.25, -0.2) is 0 Å². The number of aliphatic hydroxyl groups is 1. The van der Waals surface area contributed by atoms with E-state index in [9.17, 15) is 14.7 Å². The molecule has 1 amide bonds. The summed E-state index contributed by atoms with van der Waals surface area (Å²) in [6, 6.07) is 14.5. The van der Waals surface area contributed by atoms with Crippen molar-refractivity contribution in [1.82, 2.24) is 9.88 Å². The summed E-state index contributed by atoms with van der Waals surface area (Å²) >= 11 is 0. The van der Waals surface area contributed by atoms with Crippen molar-refractivity contribution < 1.29 is 19.4 Å². The highest BCUT2D eigenvalue weighted by Crippen LogP contribution is 2.42. The second kappa shape index (κ2) is 11.7. The number of aromatic nitrogens is 1. The van der Waals surface area contributed by atoms with E-state index in [0.717, 1.165) is 46.8 Å². The van der Waals surface area contributed by atoms with Crippen LogP contribution in [0.2, 0.25) is 0 Å². The molecule has 39 heavy (non-hydrogen) atoms. The molecule has 204 valence electrons. The number of benzene rings is 2. The molecule has 1 aliphatic rings. The molecule has 3 aromatic rings. The van der Waals surface area contributed by atoms with E-state index >= 15 is 0 Å². The molecule has 4 rings (SSSR count). The predicted octanol–water partition coefficient (Wildman–Crippen LogP) is 5.99. The average molecular weight is 528 g/mol. The Balaban J connectivity index is 1.90. The molecular formula is C32H37N3O4. The van der Waals surface area contributed by atoms with Gasteiger partial charge in [-0.3, -0.25) is 14.6 Å². The molecular weight excluding hydrogens is 490 g/mol. The van der Waals surface area contributed by atoms with E-state index < -0.39 is 17.7 Å². The van der Waals surface area contributed by atoms with Gasteiger partial charge in [0.15, 0.2) is 0 Å². The van der Waals surface area contributed by atoms with Crippen LogP contribution in [0.5, 0.6) is 5.75 Å². The Hall–Kier alpha value is -4.13. The summed E-state index contributed by atoms with van der Waals surface area (Å²) in [5, 5.41) is 11.7. The van der Waals surface area contributed by atoms with Gasteiger partial charge in [0.1, 0.15) is 11.5 Å². The Morgan fingerprint density at radius 1 is 1.05 bits per heavy atom. The molecule has 0 saturated carbocycles. The summed E-state index contributed by atoms with van der Waals surface area (Å²) in [6.45, 7) is 12.1. The smallest absolute Gasteiger partial charge is 0.295 e. The van der Waals surface area contributed by atoms with Crippen LogP contribution in [-0.2, 0) is 16.1 Å². The van der Waals surface area contributed by atoms with Crippen molar-refractivity contribution in [1.29, 1.82) is 0 Å². The molecule has 0 aliphatic carbocycles. The number of hydrogen-bond acceptors (Lipinski definition) is 6. The highest BCUT2D eigenvalue weighted by Gasteiger charge is 2.46. The largest absolute Gasteiger partial charge is 0.507 e. The van der Waals surface area contributed by atoms with E-state index in [1.807, 2.05) is 69.3 Å². The zero-order valence-electron chi connectivity index (χ0n) is 23.6. The van der Waals surface area contributed by atoms with Crippen molar-refractivity contribution in [2.75, 3.05) is 25.1 Å². The zero-order valence-corrected chi connectivity index (χ0v) is 23.6. The molecule has 7 nitrogen and oxygen atoms in total. The van der Waals surface area contributed by atoms with Gasteiger partial charge in [0.2, 0.25) is 0 Å². The number of hydrogen-bond donors (Lipinski definition) is 1. The zero-order chi connectivity index (χ0) is 28.3. The van der Waals surface area contributed by atoms with Crippen LogP contribution in [0, 0.1) is 6.92 Å². The number of likely N-dealkylation sites (tertiary alicyclic amines) is 1. The van der Waals surface area contributed by atoms with E-state index in [4.69, 9.17) is 4.74 Å². The highest BCUT2D eigenvalue weighted by molar-refractivity contribution is 6.46. The molecule has 1 aliphatic heterocycles. The second-order valence-electron chi connectivity index (χ2n) is 10.1. The summed E-state index contributed by atoms with van der Waals surface area (Å²) in [5.41, 5.74) is 4.94. The molecule has 7 heteroatoms. The number of rotatable bonds is 9. The van der Waals surface area contributed by atoms with Crippen LogP contribution >= 0.6 is 0 Å². The SMILES string of the molecule is CCN(CC)c1ccc(C2/C(=C(\O)c3cc(C(C)C)c(OC)cc3C)C(=O)C(=O)N2Cc2ccncc2)cc1. The number of pyridine rings is 1. The van der Waals surface area contributed by atoms with Crippen LogP contribution in [0.3, 0.4) is 0 Å². The van der Waals surface area contributed by atoms with Crippen molar-refractivity contribution in [3.63, 3.8) is 0 Å². The minimum atomic E-state index is -0.743. The van der Waals surface area contributed by atoms with Gasteiger partial charge in [0.05, 0.1) is 18.7 Å². The maximum Gasteiger partial charge on any atom is 0.295 e. The van der Waals surface area contributed by atoms with Gasteiger partial charge in [-0.2, -0.15) is 0 Å². The first kappa shape index (κ1) is 27.9. The minimum absolute atomic E-state index is 0.0904. The Morgan fingerprint density at radius 3 is 2.26 bits per heavy atom. The van der Waals surface area contributed by atoms with Crippen molar-refractivity contribution >= 4 is 23.1 Å². The first-order valence-corrected chi connectivity index (χ1v) is 13.4. The molecule has 2 aromatic carbocycles. The van der Waals surface area contributed by atoms with Crippen LogP contribution in [0.4, 0.5) is 5.69 Å². The summed E-state index contributed by atoms with van der Waals surface area (Å²) in [4.78, 5) is 34.9. The monoisotopic (exact) mass is 527 g/mol. The number of methoxy groups -OCH3 is 1. The normalized spacial score (nSPS) is 16.7. The maximum atomic E-state index is 13.6. The molecule has 2 heterocycles. The number of Topliss-reactive ketones (excluding diaryl/α,β-unsaturated/α-hetero) is 1. The summed E-state index contributed by atoms with van der Waals surface area (Å²) in [6.07, 6.45) is 3.32. The quantitative estimate of drug-likeness (QED) is 0.209. The molecule has 0 bridgehead atoms. The number of carbonyl (C=O) groups excluding carboxylic acids is 2. The standard InChI is InChI=1S/C32H37N3O4/c1-7-34(8-2)24-11-9-23(10-12-24)29-28(31(37)32(38)35(29)19-22-13-15-33-16-14-22)30(36)26-18-25(20(3)4)27(39-6)17-21(26)5/h9-18,20,29,36H,7-8,19H2,1-6H3/b30-28+. The fourth-order valence-corrected chi connectivity index (χ4v) is 5.26. The first-order chi connectivity index (χ1) is 18.7. The van der Waals surface area contributed by atoms with Crippen molar-refractivity contribution in [3.8, 4) is 5.75 Å². The van der Waals surface area contributed by atoms with Crippen molar-refractivity contribution in [2.45, 2.75) is 53.1 Å². The molecule has 1 unspecified atom stereocenters. The third-order valence-corrected chi connectivity index (χ3v) is 7.43. The van der Waals surface area contributed by atoms with Crippen LogP contribution in [0.15, 0.2) is 66.5 Å². The summed E-state index contributed by atoms with van der Waals surface area (Å²) in [7, 11) is 1.62. The topological polar surface area (TPSA) is 83.0 Å². The fourth-order valence-electron chi connectivity index (χ4n) is 5.26. The number of carbonyl (C=O) groups is 2. The number of aliphatic hydroxyl groups excluding tert-OH is 1. The minimum Gasteiger partial charge on any atom is -0.507 e. The van der Waals surface area contributed by atoms with Gasteiger partial charge in [0.25, 0.3) is 11.7 Å². The summed E-state index contributed by atoms with van der Waals surface area (Å²) in [5.74, 6) is -0.655. The van der Waals surface area contributed by atoms with E-state index in [1.54, 1.807) is 19.5 Å². The highest BCUT2D eigenvalue weighted by atomic mass is 16.5. The number of ketones is 1. The molecule has 0 radical (unpaired) electrons. The van der Waals surface area contributed by atoms with E-state index in [1.165, 1.54) is 4.90 Å². The van der Waals surface area contributed by atoms with Gasteiger partial charge in [-0.05, 0) is 85.3 Å². The Kier molecular flexibility index (Phi) is 8.38. The Labute approximate surface area is 230 Å². The number of ether oxygens (including phenoxy) is 1. The van der Waals surface area contributed by atoms with E-state index in [-0.39, 0.29) is 23.8 Å². The maximum absolute atomic E-state index is 13.6. The third-order valence-electron chi connectivity index (χ3n) is 7.43. The lowest BCUT2D eigenvalue weighted by Crippen LogP contribution is -2.29. The lowest BCUT2D eigenvalue weighted by atomic mass is 9.91. The van der Waals surface area contributed by atoms with Crippen molar-refractivity contribution in [3.05, 3.63) is 94.3 Å². The lowest BCUT2D eigenvalue weighted by Gasteiger charge is -2.27. The summed E-state index contributed by atoms with van der Waals surface area (Å²) < 4.78 is 5.57. The van der Waals surface area contributed by atoms with Crippen LogP contribution in [0.25, 0.3) is 5.76 Å². The van der Waals surface area contributed by atoms with Crippen LogP contribution in [0.1, 0.15) is 67.5 Å². The van der Waals surface area contributed by atoms with Gasteiger partial charge in [0, 0.05) is 43.3 Å². The van der Waals surface area contributed by atoms with Gasteiger partial charge in [-0.15, -0.1) is 0 Å². The van der Waals surface area contributed by atoms with Crippen LogP contribution in [-0.4, -0.2) is 46.9 Å². The molecule has 1 fully saturated rings. The van der Waals surface area contributed by atoms with Crippen molar-refractivity contribution in [2.24, 2.45) is 0 Å². The number of amides is 1. The second-order valence-corrected chi connectivity index (χ2v) is 10.1. The fraction of sp³-hybridized carbons (Fsp3) is 0.344. The number of anilines is 1. The van der Waals surface area contributed by atoms with Crippen LogP contribution < -0.4 is 9.64 Å².